The van der Waals surface area contributed by atoms with E-state index in [-0.39, 0.29) is 5.25 Å². The molecule has 4 nitrogen and oxygen atoms in total. The fourth-order valence-electron chi connectivity index (χ4n) is 3.44. The Balaban J connectivity index is 1.65. The Kier molecular flexibility index (Phi) is 3.37. The molecule has 0 spiro atoms. The van der Waals surface area contributed by atoms with E-state index in [1.807, 2.05) is 30.5 Å². The first-order chi connectivity index (χ1) is 10.8. The molecule has 0 saturated heterocycles. The molecule has 2 aliphatic heterocycles. The zero-order valence-corrected chi connectivity index (χ0v) is 13.3. The van der Waals surface area contributed by atoms with Gasteiger partial charge in [0.15, 0.2) is 0 Å². The highest BCUT2D eigenvalue weighted by molar-refractivity contribution is 7.89. The topological polar surface area (TPSA) is 50.7 Å². The minimum absolute atomic E-state index is 0.0514. The highest BCUT2D eigenvalue weighted by Gasteiger charge is 2.37. The van der Waals surface area contributed by atoms with Crippen molar-refractivity contribution in [3.05, 3.63) is 51.6 Å². The molecule has 3 aliphatic rings. The van der Waals surface area contributed by atoms with Crippen LogP contribution in [0.1, 0.15) is 36.5 Å². The smallest absolute Gasteiger partial charge is 0.118 e. The molecule has 5 heteroatoms. The fourth-order valence-corrected chi connectivity index (χ4v) is 5.24. The number of allylic oxidation sites excluding steroid dienone is 3. The highest BCUT2D eigenvalue weighted by atomic mass is 32.2. The van der Waals surface area contributed by atoms with Crippen molar-refractivity contribution in [2.24, 2.45) is 5.10 Å². The third kappa shape index (κ3) is 2.11. The number of hydrogen-bond donors (Lipinski definition) is 1. The Morgan fingerprint density at radius 1 is 1.27 bits per heavy atom. The van der Waals surface area contributed by atoms with Crippen LogP contribution in [0.3, 0.4) is 0 Å². The molecular formula is C17H18N2O2S. The summed E-state index contributed by atoms with van der Waals surface area (Å²) in [6.45, 7) is 0. The lowest BCUT2D eigenvalue weighted by Gasteiger charge is -2.23. The highest BCUT2D eigenvalue weighted by Crippen LogP contribution is 2.47. The summed E-state index contributed by atoms with van der Waals surface area (Å²) in [6, 6.07) is 7.94. The molecule has 114 valence electrons. The summed E-state index contributed by atoms with van der Waals surface area (Å²) < 4.78 is 18.1. The molecule has 0 saturated carbocycles. The fraction of sp³-hybridized carbons (Fsp3) is 0.353. The van der Waals surface area contributed by atoms with Gasteiger partial charge in [0.25, 0.3) is 0 Å². The molecule has 2 unspecified atom stereocenters. The molecule has 22 heavy (non-hydrogen) atoms. The number of fused-ring (bicyclic) bond motifs is 1. The monoisotopic (exact) mass is 314 g/mol. The van der Waals surface area contributed by atoms with Crippen LogP contribution in [-0.2, 0) is 10.8 Å². The van der Waals surface area contributed by atoms with Crippen LogP contribution in [0.15, 0.2) is 51.1 Å². The maximum absolute atomic E-state index is 12.9. The van der Waals surface area contributed by atoms with E-state index in [0.717, 1.165) is 47.6 Å². The molecular weight excluding hydrogens is 296 g/mol. The number of hydrazone groups is 1. The van der Waals surface area contributed by atoms with Crippen molar-refractivity contribution >= 4 is 17.0 Å². The second kappa shape index (κ2) is 5.39. The summed E-state index contributed by atoms with van der Waals surface area (Å²) in [5, 5.41) is 4.24. The number of methoxy groups -OCH3 is 1. The predicted octanol–water partition coefficient (Wildman–Crippen LogP) is 3.17. The summed E-state index contributed by atoms with van der Waals surface area (Å²) in [6.07, 6.45) is 5.57. The van der Waals surface area contributed by atoms with Gasteiger partial charge in [0.2, 0.25) is 0 Å². The first kappa shape index (κ1) is 13.8. The number of nitrogens with one attached hydrogen (secondary N) is 1. The lowest BCUT2D eigenvalue weighted by atomic mass is 9.90. The Morgan fingerprint density at radius 3 is 2.86 bits per heavy atom. The maximum atomic E-state index is 12.9. The average Bonchev–Trinajstić information content (AvgIpc) is 2.92. The van der Waals surface area contributed by atoms with Gasteiger partial charge in [0, 0.05) is 17.5 Å². The third-order valence-electron chi connectivity index (χ3n) is 4.63. The van der Waals surface area contributed by atoms with Gasteiger partial charge >= 0.3 is 0 Å². The minimum atomic E-state index is -0.939. The molecule has 0 fully saturated rings. The summed E-state index contributed by atoms with van der Waals surface area (Å²) in [7, 11) is 0.720. The van der Waals surface area contributed by atoms with Gasteiger partial charge in [-0.1, -0.05) is 12.1 Å². The van der Waals surface area contributed by atoms with Crippen molar-refractivity contribution in [1.29, 1.82) is 0 Å². The molecule has 0 aromatic heterocycles. The molecule has 0 bridgehead atoms. The number of nitrogens with zero attached hydrogens (tertiary/aromatic N) is 1. The Labute approximate surface area is 132 Å². The first-order valence-corrected chi connectivity index (χ1v) is 8.75. The zero-order valence-electron chi connectivity index (χ0n) is 12.5. The van der Waals surface area contributed by atoms with Crippen molar-refractivity contribution in [2.45, 2.75) is 30.9 Å². The molecule has 1 N–H and O–H groups in total. The van der Waals surface area contributed by atoms with Gasteiger partial charge in [-0.3, -0.25) is 9.63 Å². The second-order valence-electron chi connectivity index (χ2n) is 5.77. The van der Waals surface area contributed by atoms with Crippen LogP contribution in [0.5, 0.6) is 5.75 Å². The van der Waals surface area contributed by atoms with Crippen LogP contribution in [0.25, 0.3) is 0 Å². The Bertz CT molecular complexity index is 732. The molecule has 1 aromatic carbocycles. The minimum Gasteiger partial charge on any atom is -0.497 e. The van der Waals surface area contributed by atoms with E-state index in [2.05, 4.69) is 10.5 Å². The van der Waals surface area contributed by atoms with Crippen LogP contribution in [0.2, 0.25) is 0 Å². The molecule has 0 radical (unpaired) electrons. The molecule has 1 aliphatic carbocycles. The van der Waals surface area contributed by atoms with Gasteiger partial charge in [-0.15, -0.1) is 0 Å². The molecule has 2 atom stereocenters. The molecule has 4 rings (SSSR count). The first-order valence-electron chi connectivity index (χ1n) is 7.54. The summed E-state index contributed by atoms with van der Waals surface area (Å²) in [5.74, 6) is 0.832. The van der Waals surface area contributed by atoms with E-state index in [1.54, 1.807) is 7.11 Å². The summed E-state index contributed by atoms with van der Waals surface area (Å²) >= 11 is 0. The van der Waals surface area contributed by atoms with Crippen molar-refractivity contribution < 1.29 is 8.95 Å². The molecule has 2 heterocycles. The number of benzene rings is 1. The van der Waals surface area contributed by atoms with Crippen LogP contribution in [-0.4, -0.2) is 17.5 Å². The van der Waals surface area contributed by atoms with E-state index >= 15 is 0 Å². The van der Waals surface area contributed by atoms with Gasteiger partial charge in [-0.05, 0) is 48.1 Å². The quantitative estimate of drug-likeness (QED) is 0.912. The Morgan fingerprint density at radius 2 is 2.09 bits per heavy atom. The van der Waals surface area contributed by atoms with E-state index in [0.29, 0.717) is 0 Å². The van der Waals surface area contributed by atoms with E-state index in [1.165, 1.54) is 11.1 Å². The van der Waals surface area contributed by atoms with E-state index < -0.39 is 10.8 Å². The summed E-state index contributed by atoms with van der Waals surface area (Å²) in [4.78, 5) is 1.11. The van der Waals surface area contributed by atoms with Crippen molar-refractivity contribution in [3.8, 4) is 5.75 Å². The average molecular weight is 314 g/mol. The maximum Gasteiger partial charge on any atom is 0.118 e. The van der Waals surface area contributed by atoms with Crippen molar-refractivity contribution in [3.63, 3.8) is 0 Å². The predicted molar refractivity (Wildman–Crippen MR) is 88.0 cm³/mol. The second-order valence-corrected chi connectivity index (χ2v) is 7.43. The van der Waals surface area contributed by atoms with Crippen molar-refractivity contribution in [1.82, 2.24) is 5.43 Å². The standard InChI is InChI=1S/C17H18N2O2S/c1-21-13-5-2-11(3-6-13)16-10-14-15(22(16)20)7-4-12-8-9-18-19-17(12)14/h2-3,5-6,9,16,19H,4,7-8,10H2,1H3. The number of hydrogen-bond acceptors (Lipinski definition) is 4. The van der Waals surface area contributed by atoms with Gasteiger partial charge in [-0.2, -0.15) is 5.10 Å². The normalized spacial score (nSPS) is 26.6. The lowest BCUT2D eigenvalue weighted by Crippen LogP contribution is -2.19. The largest absolute Gasteiger partial charge is 0.497 e. The number of ether oxygens (including phenoxy) is 1. The van der Waals surface area contributed by atoms with Gasteiger partial charge in [-0.25, -0.2) is 0 Å². The van der Waals surface area contributed by atoms with Crippen LogP contribution in [0, 0.1) is 0 Å². The lowest BCUT2D eigenvalue weighted by molar-refractivity contribution is 0.414. The molecule has 0 amide bonds. The molecule has 1 aromatic rings. The zero-order chi connectivity index (χ0) is 15.1. The third-order valence-corrected chi connectivity index (χ3v) is 6.52. The van der Waals surface area contributed by atoms with Crippen LogP contribution < -0.4 is 10.2 Å². The van der Waals surface area contributed by atoms with Crippen molar-refractivity contribution in [2.75, 3.05) is 7.11 Å². The SMILES string of the molecule is COc1ccc(C2CC3=C(CCC4=C3NN=CC4)S2=O)cc1. The van der Waals surface area contributed by atoms with Crippen LogP contribution >= 0.6 is 0 Å². The Hall–Kier alpha value is -1.88. The van der Waals surface area contributed by atoms with Crippen LogP contribution in [0.4, 0.5) is 0 Å². The van der Waals surface area contributed by atoms with E-state index in [4.69, 9.17) is 4.74 Å². The van der Waals surface area contributed by atoms with E-state index in [9.17, 15) is 4.21 Å². The van der Waals surface area contributed by atoms with Gasteiger partial charge in [0.1, 0.15) is 5.75 Å². The summed E-state index contributed by atoms with van der Waals surface area (Å²) in [5.41, 5.74) is 8.03. The van der Waals surface area contributed by atoms with Gasteiger partial charge in [0.05, 0.1) is 28.9 Å². The number of rotatable bonds is 2. The van der Waals surface area contributed by atoms with Gasteiger partial charge < -0.3 is 4.74 Å².